The van der Waals surface area contributed by atoms with Crippen molar-refractivity contribution in [2.24, 2.45) is 0 Å². The first-order valence-corrected chi connectivity index (χ1v) is 10.5. The molecule has 1 aromatic heterocycles. The average molecular weight is 453 g/mol. The molecule has 158 valence electrons. The van der Waals surface area contributed by atoms with Gasteiger partial charge in [-0.25, -0.2) is 8.78 Å². The van der Waals surface area contributed by atoms with Gasteiger partial charge in [-0.1, -0.05) is 29.4 Å². The number of ether oxygens (including phenoxy) is 1. The summed E-state index contributed by atoms with van der Waals surface area (Å²) in [5.41, 5.74) is -0.0804. The quantitative estimate of drug-likeness (QED) is 0.481. The maximum Gasteiger partial charge on any atom is 0.234 e. The highest BCUT2D eigenvalue weighted by Gasteiger charge is 2.20. The molecule has 1 amide bonds. The van der Waals surface area contributed by atoms with E-state index in [0.29, 0.717) is 34.4 Å². The molecule has 0 saturated heterocycles. The number of halogens is 3. The molecule has 30 heavy (non-hydrogen) atoms. The van der Waals surface area contributed by atoms with Crippen LogP contribution in [0.1, 0.15) is 25.8 Å². The minimum Gasteiger partial charge on any atom is -0.483 e. The maximum absolute atomic E-state index is 13.7. The SMILES string of the molecule is CCn1c(SCC(=O)Nc2ccc(F)cc2F)nnc1C(C)Oc1cccc(Cl)c1. The lowest BCUT2D eigenvalue weighted by Gasteiger charge is -2.15. The van der Waals surface area contributed by atoms with Crippen LogP contribution in [0.3, 0.4) is 0 Å². The van der Waals surface area contributed by atoms with Crippen LogP contribution < -0.4 is 10.1 Å². The van der Waals surface area contributed by atoms with Crippen LogP contribution >= 0.6 is 23.4 Å². The predicted molar refractivity (Wildman–Crippen MR) is 112 cm³/mol. The Morgan fingerprint density at radius 1 is 1.27 bits per heavy atom. The number of rotatable bonds is 8. The van der Waals surface area contributed by atoms with Gasteiger partial charge in [-0.15, -0.1) is 10.2 Å². The molecule has 0 saturated carbocycles. The lowest BCUT2D eigenvalue weighted by molar-refractivity contribution is -0.113. The number of benzene rings is 2. The van der Waals surface area contributed by atoms with E-state index in [1.54, 1.807) is 24.3 Å². The van der Waals surface area contributed by atoms with Gasteiger partial charge in [-0.2, -0.15) is 0 Å². The number of amides is 1. The van der Waals surface area contributed by atoms with Crippen LogP contribution in [0.5, 0.6) is 5.75 Å². The Balaban J connectivity index is 1.64. The molecule has 1 atom stereocenters. The number of nitrogens with zero attached hydrogens (tertiary/aromatic N) is 3. The third kappa shape index (κ3) is 5.48. The van der Waals surface area contributed by atoms with Gasteiger partial charge in [0.05, 0.1) is 11.4 Å². The molecule has 1 unspecified atom stereocenters. The van der Waals surface area contributed by atoms with Crippen molar-refractivity contribution in [3.63, 3.8) is 0 Å². The van der Waals surface area contributed by atoms with Gasteiger partial charge in [-0.3, -0.25) is 4.79 Å². The number of carbonyl (C=O) groups excluding carboxylic acids is 1. The van der Waals surface area contributed by atoms with E-state index in [0.717, 1.165) is 17.8 Å². The van der Waals surface area contributed by atoms with Crippen molar-refractivity contribution in [3.05, 3.63) is 64.9 Å². The summed E-state index contributed by atoms with van der Waals surface area (Å²) in [5, 5.41) is 11.8. The van der Waals surface area contributed by atoms with Gasteiger partial charge in [0.2, 0.25) is 5.91 Å². The summed E-state index contributed by atoms with van der Waals surface area (Å²) in [6, 6.07) is 10.0. The maximum atomic E-state index is 13.7. The van der Waals surface area contributed by atoms with E-state index >= 15 is 0 Å². The Kier molecular flexibility index (Phi) is 7.28. The fourth-order valence-corrected chi connectivity index (χ4v) is 3.70. The standard InChI is InChI=1S/C20H19ClF2N4O2S/c1-3-27-19(12(2)29-15-6-4-5-13(21)9-15)25-26-20(27)30-11-18(28)24-17-8-7-14(22)10-16(17)23/h4-10,12H,3,11H2,1-2H3,(H,24,28). The van der Waals surface area contributed by atoms with Gasteiger partial charge in [0, 0.05) is 17.6 Å². The predicted octanol–water partition coefficient (Wildman–Crippen LogP) is 5.10. The van der Waals surface area contributed by atoms with E-state index in [9.17, 15) is 13.6 Å². The van der Waals surface area contributed by atoms with Crippen LogP contribution in [0, 0.1) is 11.6 Å². The lowest BCUT2D eigenvalue weighted by Crippen LogP contribution is -2.16. The van der Waals surface area contributed by atoms with E-state index in [-0.39, 0.29) is 11.4 Å². The van der Waals surface area contributed by atoms with Crippen molar-refractivity contribution in [3.8, 4) is 5.75 Å². The number of anilines is 1. The zero-order chi connectivity index (χ0) is 21.7. The van der Waals surface area contributed by atoms with E-state index in [2.05, 4.69) is 15.5 Å². The molecule has 0 aliphatic carbocycles. The van der Waals surface area contributed by atoms with Gasteiger partial charge in [-0.05, 0) is 44.2 Å². The van der Waals surface area contributed by atoms with Gasteiger partial charge < -0.3 is 14.6 Å². The third-order valence-electron chi connectivity index (χ3n) is 4.07. The Labute approximate surface area is 181 Å². The molecule has 3 rings (SSSR count). The molecule has 0 aliphatic heterocycles. The molecule has 1 heterocycles. The molecule has 0 fully saturated rings. The Hall–Kier alpha value is -2.65. The van der Waals surface area contributed by atoms with Gasteiger partial charge in [0.25, 0.3) is 0 Å². The second-order valence-electron chi connectivity index (χ2n) is 6.26. The van der Waals surface area contributed by atoms with Crippen molar-refractivity contribution < 1.29 is 18.3 Å². The van der Waals surface area contributed by atoms with Crippen molar-refractivity contribution >= 4 is 35.0 Å². The molecule has 0 spiro atoms. The molecule has 0 radical (unpaired) electrons. The van der Waals surface area contributed by atoms with Crippen LogP contribution in [0.4, 0.5) is 14.5 Å². The summed E-state index contributed by atoms with van der Waals surface area (Å²) < 4.78 is 34.4. The number of carbonyl (C=O) groups is 1. The monoisotopic (exact) mass is 452 g/mol. The molecule has 2 aromatic carbocycles. The topological polar surface area (TPSA) is 69.0 Å². The normalized spacial score (nSPS) is 11.9. The highest BCUT2D eigenvalue weighted by atomic mass is 35.5. The molecule has 1 N–H and O–H groups in total. The van der Waals surface area contributed by atoms with Crippen LogP contribution in [0.25, 0.3) is 0 Å². The summed E-state index contributed by atoms with van der Waals surface area (Å²) in [6.07, 6.45) is -0.396. The van der Waals surface area contributed by atoms with E-state index in [4.69, 9.17) is 16.3 Å². The summed E-state index contributed by atoms with van der Waals surface area (Å²) in [6.45, 7) is 4.34. The lowest BCUT2D eigenvalue weighted by atomic mass is 10.3. The minimum atomic E-state index is -0.834. The van der Waals surface area contributed by atoms with Crippen molar-refractivity contribution in [1.29, 1.82) is 0 Å². The second-order valence-corrected chi connectivity index (χ2v) is 7.64. The number of aromatic nitrogens is 3. The zero-order valence-corrected chi connectivity index (χ0v) is 17.8. The molecule has 3 aromatic rings. The van der Waals surface area contributed by atoms with Crippen LogP contribution in [-0.4, -0.2) is 26.4 Å². The fraction of sp³-hybridized carbons (Fsp3) is 0.250. The first-order valence-electron chi connectivity index (χ1n) is 9.10. The number of hydrogen-bond donors (Lipinski definition) is 1. The highest BCUT2D eigenvalue weighted by molar-refractivity contribution is 7.99. The molecular weight excluding hydrogens is 434 g/mol. The smallest absolute Gasteiger partial charge is 0.234 e. The summed E-state index contributed by atoms with van der Waals surface area (Å²) in [4.78, 5) is 12.1. The number of thioether (sulfide) groups is 1. The largest absolute Gasteiger partial charge is 0.483 e. The Morgan fingerprint density at radius 2 is 2.07 bits per heavy atom. The van der Waals surface area contributed by atoms with E-state index in [1.165, 1.54) is 6.07 Å². The first-order chi connectivity index (χ1) is 14.4. The van der Waals surface area contributed by atoms with E-state index < -0.39 is 23.6 Å². The molecular formula is C20H19ClF2N4O2S. The number of hydrogen-bond acceptors (Lipinski definition) is 5. The first kappa shape index (κ1) is 22.0. The van der Waals surface area contributed by atoms with Crippen molar-refractivity contribution in [2.45, 2.75) is 31.7 Å². The van der Waals surface area contributed by atoms with Crippen molar-refractivity contribution in [2.75, 3.05) is 11.1 Å². The van der Waals surface area contributed by atoms with Gasteiger partial charge in [0.1, 0.15) is 17.4 Å². The Bertz CT molecular complexity index is 1050. The second kappa shape index (κ2) is 9.90. The van der Waals surface area contributed by atoms with E-state index in [1.807, 2.05) is 18.4 Å². The summed E-state index contributed by atoms with van der Waals surface area (Å²) >= 11 is 7.15. The van der Waals surface area contributed by atoms with Crippen LogP contribution in [0.2, 0.25) is 5.02 Å². The molecule has 10 heteroatoms. The fourth-order valence-electron chi connectivity index (χ4n) is 2.71. The molecule has 6 nitrogen and oxygen atoms in total. The van der Waals surface area contributed by atoms with Crippen LogP contribution in [-0.2, 0) is 11.3 Å². The van der Waals surface area contributed by atoms with Gasteiger partial charge >= 0.3 is 0 Å². The van der Waals surface area contributed by atoms with Crippen LogP contribution in [0.15, 0.2) is 47.6 Å². The average Bonchev–Trinajstić information content (AvgIpc) is 3.11. The minimum absolute atomic E-state index is 0.0154. The zero-order valence-electron chi connectivity index (χ0n) is 16.2. The Morgan fingerprint density at radius 3 is 2.77 bits per heavy atom. The van der Waals surface area contributed by atoms with Gasteiger partial charge in [0.15, 0.2) is 17.1 Å². The summed E-state index contributed by atoms with van der Waals surface area (Å²) in [7, 11) is 0. The van der Waals surface area contributed by atoms with Crippen molar-refractivity contribution in [1.82, 2.24) is 14.8 Å². The molecule has 0 aliphatic rings. The summed E-state index contributed by atoms with van der Waals surface area (Å²) in [5.74, 6) is -0.795. The molecule has 0 bridgehead atoms. The third-order valence-corrected chi connectivity index (χ3v) is 5.27. The number of nitrogens with one attached hydrogen (secondary N) is 1. The highest BCUT2D eigenvalue weighted by Crippen LogP contribution is 2.26.